The molecule has 8 heteroatoms. The van der Waals surface area contributed by atoms with Crippen LogP contribution < -0.4 is 15.4 Å². The number of nitriles is 1. The Hall–Kier alpha value is -4.90. The average Bonchev–Trinajstić information content (AvgIpc) is 3.19. The van der Waals surface area contributed by atoms with Crippen LogP contribution in [0, 0.1) is 25.2 Å². The SMILES string of the molecule is CNC(=O)c1cccc(Cn2nc(C)c(NC(=O)c3ccc(COc4cccc(C#N)c4)cc3)c2C)c1. The molecule has 37 heavy (non-hydrogen) atoms. The van der Waals surface area contributed by atoms with Crippen molar-refractivity contribution >= 4 is 17.5 Å². The van der Waals surface area contributed by atoms with Crippen molar-refractivity contribution in [1.29, 1.82) is 5.26 Å². The van der Waals surface area contributed by atoms with Crippen molar-refractivity contribution in [3.05, 3.63) is 112 Å². The third-order valence-electron chi connectivity index (χ3n) is 5.95. The van der Waals surface area contributed by atoms with Gasteiger partial charge in [0.25, 0.3) is 11.8 Å². The summed E-state index contributed by atoms with van der Waals surface area (Å²) < 4.78 is 7.57. The molecule has 2 amide bonds. The summed E-state index contributed by atoms with van der Waals surface area (Å²) in [4.78, 5) is 24.9. The zero-order chi connectivity index (χ0) is 26.4. The van der Waals surface area contributed by atoms with Gasteiger partial charge in [-0.2, -0.15) is 10.4 Å². The molecule has 2 N–H and O–H groups in total. The van der Waals surface area contributed by atoms with E-state index in [1.807, 2.05) is 48.9 Å². The van der Waals surface area contributed by atoms with Crippen LogP contribution in [0.1, 0.15) is 48.8 Å². The normalized spacial score (nSPS) is 10.4. The predicted octanol–water partition coefficient (Wildman–Crippen LogP) is 4.61. The molecule has 4 rings (SSSR count). The highest BCUT2D eigenvalue weighted by Gasteiger charge is 2.16. The Morgan fingerprint density at radius 3 is 2.43 bits per heavy atom. The minimum Gasteiger partial charge on any atom is -0.489 e. The van der Waals surface area contributed by atoms with Gasteiger partial charge >= 0.3 is 0 Å². The second-order valence-electron chi connectivity index (χ2n) is 8.56. The summed E-state index contributed by atoms with van der Waals surface area (Å²) in [6, 6.07) is 23.6. The smallest absolute Gasteiger partial charge is 0.255 e. The van der Waals surface area contributed by atoms with Crippen molar-refractivity contribution in [3.63, 3.8) is 0 Å². The number of aryl methyl sites for hydroxylation is 1. The van der Waals surface area contributed by atoms with Gasteiger partial charge in [0.15, 0.2) is 0 Å². The van der Waals surface area contributed by atoms with Gasteiger partial charge in [0, 0.05) is 18.2 Å². The Labute approximate surface area is 215 Å². The minimum atomic E-state index is -0.235. The number of nitrogens with one attached hydrogen (secondary N) is 2. The average molecular weight is 494 g/mol. The van der Waals surface area contributed by atoms with Crippen LogP contribution in [0.3, 0.4) is 0 Å². The predicted molar refractivity (Wildman–Crippen MR) is 141 cm³/mol. The van der Waals surface area contributed by atoms with Crippen LogP contribution in [-0.4, -0.2) is 28.6 Å². The van der Waals surface area contributed by atoms with E-state index in [2.05, 4.69) is 21.8 Å². The zero-order valence-corrected chi connectivity index (χ0v) is 20.9. The molecular weight excluding hydrogens is 466 g/mol. The first-order valence-electron chi connectivity index (χ1n) is 11.8. The van der Waals surface area contributed by atoms with Crippen LogP contribution >= 0.6 is 0 Å². The summed E-state index contributed by atoms with van der Waals surface area (Å²) in [7, 11) is 1.60. The number of carbonyl (C=O) groups excluding carboxylic acids is 2. The van der Waals surface area contributed by atoms with Crippen LogP contribution in [0.5, 0.6) is 5.75 Å². The van der Waals surface area contributed by atoms with Gasteiger partial charge in [0.1, 0.15) is 12.4 Å². The number of rotatable bonds is 8. The van der Waals surface area contributed by atoms with Crippen molar-refractivity contribution in [2.24, 2.45) is 0 Å². The second kappa shape index (κ2) is 11.2. The van der Waals surface area contributed by atoms with E-state index in [-0.39, 0.29) is 11.8 Å². The fourth-order valence-corrected chi connectivity index (χ4v) is 3.92. The Balaban J connectivity index is 1.41. The fourth-order valence-electron chi connectivity index (χ4n) is 3.92. The highest BCUT2D eigenvalue weighted by molar-refractivity contribution is 6.04. The lowest BCUT2D eigenvalue weighted by Gasteiger charge is -2.09. The lowest BCUT2D eigenvalue weighted by atomic mass is 10.1. The zero-order valence-electron chi connectivity index (χ0n) is 20.9. The third-order valence-corrected chi connectivity index (χ3v) is 5.95. The van der Waals surface area contributed by atoms with E-state index in [1.165, 1.54) is 0 Å². The highest BCUT2D eigenvalue weighted by Crippen LogP contribution is 2.22. The number of hydrogen-bond donors (Lipinski definition) is 2. The van der Waals surface area contributed by atoms with Crippen LogP contribution in [0.4, 0.5) is 5.69 Å². The molecule has 186 valence electrons. The van der Waals surface area contributed by atoms with Gasteiger partial charge in [-0.1, -0.05) is 30.3 Å². The van der Waals surface area contributed by atoms with Crippen molar-refractivity contribution in [2.75, 3.05) is 12.4 Å². The summed E-state index contributed by atoms with van der Waals surface area (Å²) in [5, 5.41) is 19.2. The molecule has 3 aromatic carbocycles. The highest BCUT2D eigenvalue weighted by atomic mass is 16.5. The van der Waals surface area contributed by atoms with Gasteiger partial charge < -0.3 is 15.4 Å². The summed E-state index contributed by atoms with van der Waals surface area (Å²) in [5.74, 6) is 0.236. The number of carbonyl (C=O) groups is 2. The Morgan fingerprint density at radius 1 is 0.946 bits per heavy atom. The number of aromatic nitrogens is 2. The van der Waals surface area contributed by atoms with E-state index in [9.17, 15) is 9.59 Å². The number of ether oxygens (including phenoxy) is 1. The van der Waals surface area contributed by atoms with Crippen LogP contribution in [0.25, 0.3) is 0 Å². The molecule has 0 bridgehead atoms. The van der Waals surface area contributed by atoms with Gasteiger partial charge in [0.2, 0.25) is 0 Å². The molecule has 4 aromatic rings. The summed E-state index contributed by atoms with van der Waals surface area (Å²) >= 11 is 0. The van der Waals surface area contributed by atoms with Crippen molar-refractivity contribution < 1.29 is 14.3 Å². The lowest BCUT2D eigenvalue weighted by Crippen LogP contribution is -2.18. The van der Waals surface area contributed by atoms with Crippen molar-refractivity contribution in [2.45, 2.75) is 27.0 Å². The van der Waals surface area contributed by atoms with Crippen molar-refractivity contribution in [3.8, 4) is 11.8 Å². The number of nitrogens with zero attached hydrogens (tertiary/aromatic N) is 3. The van der Waals surface area contributed by atoms with Crippen molar-refractivity contribution in [1.82, 2.24) is 15.1 Å². The quantitative estimate of drug-likeness (QED) is 0.373. The molecule has 0 atom stereocenters. The summed E-state index contributed by atoms with van der Waals surface area (Å²) in [6.45, 7) is 4.55. The number of benzene rings is 3. The fraction of sp³-hybridized carbons (Fsp3) is 0.172. The molecule has 1 aromatic heterocycles. The Bertz CT molecular complexity index is 1480. The Kier molecular flexibility index (Phi) is 7.65. The molecule has 8 nitrogen and oxygen atoms in total. The van der Waals surface area contributed by atoms with Gasteiger partial charge in [-0.3, -0.25) is 14.3 Å². The van der Waals surface area contributed by atoms with E-state index in [1.54, 1.807) is 49.5 Å². The monoisotopic (exact) mass is 493 g/mol. The van der Waals surface area contributed by atoms with Gasteiger partial charge in [-0.25, -0.2) is 0 Å². The van der Waals surface area contributed by atoms with E-state index in [0.717, 1.165) is 16.8 Å². The van der Waals surface area contributed by atoms with Crippen LogP contribution in [0.15, 0.2) is 72.8 Å². The summed E-state index contributed by atoms with van der Waals surface area (Å²) in [5.41, 5.74) is 5.66. The van der Waals surface area contributed by atoms with Gasteiger partial charge in [0.05, 0.1) is 35.3 Å². The second-order valence-corrected chi connectivity index (χ2v) is 8.56. The van der Waals surface area contributed by atoms with E-state index in [0.29, 0.717) is 47.0 Å². The standard InChI is InChI=1S/C29H27N5O3/c1-19-27(20(2)34(33-19)17-23-7-4-8-25(14-23)28(35)31-3)32-29(36)24-12-10-21(11-13-24)18-37-26-9-5-6-22(15-26)16-30/h4-15H,17-18H2,1-3H3,(H,31,35)(H,32,36). The summed E-state index contributed by atoms with van der Waals surface area (Å²) in [6.07, 6.45) is 0. The molecule has 0 saturated carbocycles. The van der Waals surface area contributed by atoms with E-state index < -0.39 is 0 Å². The topological polar surface area (TPSA) is 109 Å². The minimum absolute atomic E-state index is 0.144. The van der Waals surface area contributed by atoms with Crippen LogP contribution in [-0.2, 0) is 13.2 Å². The molecule has 0 spiro atoms. The van der Waals surface area contributed by atoms with Gasteiger partial charge in [-0.05, 0) is 67.4 Å². The molecule has 0 saturated heterocycles. The first-order chi connectivity index (χ1) is 17.9. The maximum Gasteiger partial charge on any atom is 0.255 e. The van der Waals surface area contributed by atoms with E-state index >= 15 is 0 Å². The maximum absolute atomic E-state index is 12.9. The molecule has 0 aliphatic carbocycles. The molecule has 0 fully saturated rings. The number of hydrogen-bond acceptors (Lipinski definition) is 5. The van der Waals surface area contributed by atoms with Crippen LogP contribution in [0.2, 0.25) is 0 Å². The van der Waals surface area contributed by atoms with E-state index in [4.69, 9.17) is 10.00 Å². The largest absolute Gasteiger partial charge is 0.489 e. The first kappa shape index (κ1) is 25.2. The molecule has 0 unspecified atom stereocenters. The molecule has 1 heterocycles. The molecular formula is C29H27N5O3. The number of anilines is 1. The first-order valence-corrected chi connectivity index (χ1v) is 11.8. The number of amides is 2. The van der Waals surface area contributed by atoms with Gasteiger partial charge in [-0.15, -0.1) is 0 Å². The molecule has 0 aliphatic rings. The lowest BCUT2D eigenvalue weighted by molar-refractivity contribution is 0.0962. The molecule has 0 aliphatic heterocycles. The maximum atomic E-state index is 12.9. The third kappa shape index (κ3) is 6.03. The molecule has 0 radical (unpaired) electrons. The Morgan fingerprint density at radius 2 is 1.70 bits per heavy atom.